The second kappa shape index (κ2) is 6.84. The van der Waals surface area contributed by atoms with Gasteiger partial charge in [-0.05, 0) is 48.2 Å². The fourth-order valence-electron chi connectivity index (χ4n) is 3.84. The molecule has 0 bridgehead atoms. The fraction of sp³-hybridized carbons (Fsp3) is 0.318. The molecule has 1 saturated carbocycles. The number of amides is 2. The average Bonchev–Trinajstić information content (AvgIpc) is 3.34. The van der Waals surface area contributed by atoms with Crippen LogP contribution in [0.5, 0.6) is 5.75 Å². The minimum atomic E-state index is -1.19. The lowest BCUT2D eigenvalue weighted by atomic mass is 10.0. The van der Waals surface area contributed by atoms with Crippen molar-refractivity contribution in [2.75, 3.05) is 26.2 Å². The number of carbonyl (C=O) groups is 2. The lowest BCUT2D eigenvalue weighted by molar-refractivity contribution is -0.143. The van der Waals surface area contributed by atoms with Crippen molar-refractivity contribution in [3.05, 3.63) is 48.4 Å². The number of rotatable bonds is 3. The maximum absolute atomic E-state index is 12.9. The van der Waals surface area contributed by atoms with E-state index in [2.05, 4.69) is 4.98 Å². The van der Waals surface area contributed by atoms with E-state index in [4.69, 9.17) is 4.42 Å². The highest BCUT2D eigenvalue weighted by molar-refractivity contribution is 5.98. The molecule has 3 aromatic rings. The molecule has 0 atom stereocenters. The molecule has 8 heteroatoms. The van der Waals surface area contributed by atoms with Gasteiger partial charge in [-0.3, -0.25) is 9.59 Å². The number of piperazine rings is 1. The lowest BCUT2D eigenvalue weighted by Crippen LogP contribution is -2.53. The van der Waals surface area contributed by atoms with Crippen LogP contribution in [0.2, 0.25) is 0 Å². The highest BCUT2D eigenvalue weighted by Crippen LogP contribution is 2.37. The number of oxazole rings is 1. The van der Waals surface area contributed by atoms with E-state index >= 15 is 0 Å². The Bertz CT molecular complexity index is 1140. The topological polar surface area (TPSA) is 107 Å². The molecule has 0 unspecified atom stereocenters. The first-order valence-corrected chi connectivity index (χ1v) is 9.92. The van der Waals surface area contributed by atoms with E-state index in [0.717, 1.165) is 16.6 Å². The average molecular weight is 407 g/mol. The molecule has 1 aliphatic heterocycles. The Morgan fingerprint density at radius 1 is 0.967 bits per heavy atom. The van der Waals surface area contributed by atoms with Gasteiger partial charge in [0.2, 0.25) is 0 Å². The Balaban J connectivity index is 1.30. The first-order chi connectivity index (χ1) is 14.4. The third-order valence-corrected chi connectivity index (χ3v) is 5.87. The van der Waals surface area contributed by atoms with Crippen LogP contribution in [0, 0.1) is 0 Å². The lowest BCUT2D eigenvalue weighted by Gasteiger charge is -2.35. The molecule has 5 rings (SSSR count). The molecule has 2 heterocycles. The van der Waals surface area contributed by atoms with Crippen molar-refractivity contribution >= 4 is 22.9 Å². The summed E-state index contributed by atoms with van der Waals surface area (Å²) in [4.78, 5) is 32.5. The second-order valence-electron chi connectivity index (χ2n) is 7.88. The van der Waals surface area contributed by atoms with E-state index in [1.165, 1.54) is 6.39 Å². The smallest absolute Gasteiger partial charge is 0.257 e. The fourth-order valence-corrected chi connectivity index (χ4v) is 3.84. The van der Waals surface area contributed by atoms with E-state index in [9.17, 15) is 19.8 Å². The van der Waals surface area contributed by atoms with Crippen molar-refractivity contribution in [3.8, 4) is 16.9 Å². The molecular weight excluding hydrogens is 386 g/mol. The van der Waals surface area contributed by atoms with Crippen LogP contribution in [-0.4, -0.2) is 68.6 Å². The van der Waals surface area contributed by atoms with Gasteiger partial charge < -0.3 is 24.4 Å². The van der Waals surface area contributed by atoms with Crippen molar-refractivity contribution < 1.29 is 24.2 Å². The monoisotopic (exact) mass is 407 g/mol. The molecule has 2 fully saturated rings. The summed E-state index contributed by atoms with van der Waals surface area (Å²) < 4.78 is 5.25. The van der Waals surface area contributed by atoms with E-state index in [1.807, 2.05) is 18.2 Å². The summed E-state index contributed by atoms with van der Waals surface area (Å²) in [6, 6.07) is 10.5. The van der Waals surface area contributed by atoms with E-state index in [0.29, 0.717) is 44.6 Å². The molecule has 0 spiro atoms. The molecular formula is C22H21N3O5. The van der Waals surface area contributed by atoms with Crippen LogP contribution >= 0.6 is 0 Å². The summed E-state index contributed by atoms with van der Waals surface area (Å²) in [5, 5.41) is 20.5. The van der Waals surface area contributed by atoms with Crippen molar-refractivity contribution in [1.29, 1.82) is 0 Å². The summed E-state index contributed by atoms with van der Waals surface area (Å²) in [7, 11) is 0. The van der Waals surface area contributed by atoms with Crippen molar-refractivity contribution in [2.24, 2.45) is 0 Å². The molecule has 2 aromatic carbocycles. The van der Waals surface area contributed by atoms with Crippen molar-refractivity contribution in [1.82, 2.24) is 14.8 Å². The van der Waals surface area contributed by atoms with Gasteiger partial charge in [-0.1, -0.05) is 12.1 Å². The van der Waals surface area contributed by atoms with Crippen LogP contribution in [-0.2, 0) is 4.79 Å². The van der Waals surface area contributed by atoms with Gasteiger partial charge >= 0.3 is 0 Å². The van der Waals surface area contributed by atoms with E-state index in [-0.39, 0.29) is 23.1 Å². The van der Waals surface area contributed by atoms with E-state index < -0.39 is 5.60 Å². The van der Waals surface area contributed by atoms with Gasteiger partial charge in [-0.15, -0.1) is 0 Å². The summed E-state index contributed by atoms with van der Waals surface area (Å²) in [6.07, 6.45) is 2.40. The molecule has 30 heavy (non-hydrogen) atoms. The first-order valence-electron chi connectivity index (χ1n) is 9.92. The Kier molecular flexibility index (Phi) is 4.25. The molecule has 8 nitrogen and oxygen atoms in total. The number of nitrogens with zero attached hydrogens (tertiary/aromatic N) is 3. The van der Waals surface area contributed by atoms with Crippen molar-refractivity contribution in [2.45, 2.75) is 18.4 Å². The van der Waals surface area contributed by atoms with Crippen LogP contribution < -0.4 is 0 Å². The number of aromatic nitrogens is 1. The maximum atomic E-state index is 12.9. The maximum Gasteiger partial charge on any atom is 0.257 e. The highest BCUT2D eigenvalue weighted by atomic mass is 16.3. The number of fused-ring (bicyclic) bond motifs is 1. The molecule has 1 aromatic heterocycles. The van der Waals surface area contributed by atoms with Crippen molar-refractivity contribution in [3.63, 3.8) is 0 Å². The summed E-state index contributed by atoms with van der Waals surface area (Å²) in [5.74, 6) is -0.613. The second-order valence-corrected chi connectivity index (χ2v) is 7.88. The normalized spacial score (nSPS) is 17.9. The van der Waals surface area contributed by atoms with Gasteiger partial charge in [-0.25, -0.2) is 4.98 Å². The zero-order valence-electron chi connectivity index (χ0n) is 16.2. The molecule has 2 aliphatic rings. The zero-order valence-corrected chi connectivity index (χ0v) is 16.2. The number of phenolic OH excluding ortho intramolecular Hbond substituents is 1. The Hall–Kier alpha value is -3.39. The van der Waals surface area contributed by atoms with Crippen LogP contribution in [0.4, 0.5) is 0 Å². The van der Waals surface area contributed by atoms with Gasteiger partial charge in [0.05, 0.1) is 5.56 Å². The van der Waals surface area contributed by atoms with Gasteiger partial charge in [-0.2, -0.15) is 0 Å². The predicted octanol–water partition coefficient (Wildman–Crippen LogP) is 2.01. The van der Waals surface area contributed by atoms with Gasteiger partial charge in [0.25, 0.3) is 11.8 Å². The van der Waals surface area contributed by atoms with Crippen LogP contribution in [0.1, 0.15) is 23.2 Å². The molecule has 154 valence electrons. The predicted molar refractivity (Wildman–Crippen MR) is 108 cm³/mol. The minimum absolute atomic E-state index is 0.0939. The largest absolute Gasteiger partial charge is 0.507 e. The Labute approximate surface area is 172 Å². The molecule has 2 amide bonds. The summed E-state index contributed by atoms with van der Waals surface area (Å²) in [6.45, 7) is 1.49. The van der Waals surface area contributed by atoms with Gasteiger partial charge in [0, 0.05) is 26.2 Å². The molecule has 1 aliphatic carbocycles. The summed E-state index contributed by atoms with van der Waals surface area (Å²) >= 11 is 0. The molecule has 2 N–H and O–H groups in total. The van der Waals surface area contributed by atoms with E-state index in [1.54, 1.807) is 28.0 Å². The molecule has 0 radical (unpaired) electrons. The standard InChI is InChI=1S/C22H21N3O5/c26-18-12-15(14-2-4-19-17(11-14)23-13-30-19)1-3-16(18)20(27)24-7-9-25(10-8-24)21(28)22(29)5-6-22/h1-4,11-13,26,29H,5-10H2. The number of benzene rings is 2. The van der Waals surface area contributed by atoms with Crippen LogP contribution in [0.25, 0.3) is 22.2 Å². The number of aliphatic hydroxyl groups is 1. The zero-order chi connectivity index (χ0) is 20.9. The summed E-state index contributed by atoms with van der Waals surface area (Å²) in [5.41, 5.74) is 2.06. The Morgan fingerprint density at radius 2 is 1.63 bits per heavy atom. The number of carbonyl (C=O) groups excluding carboxylic acids is 2. The Morgan fingerprint density at radius 3 is 2.33 bits per heavy atom. The third kappa shape index (κ3) is 3.19. The number of phenols is 1. The first kappa shape index (κ1) is 18.6. The number of aromatic hydroxyl groups is 1. The quantitative estimate of drug-likeness (QED) is 0.688. The van der Waals surface area contributed by atoms with Crippen LogP contribution in [0.3, 0.4) is 0 Å². The SMILES string of the molecule is O=C(c1ccc(-c2ccc3ocnc3c2)cc1O)N1CCN(C(=O)C2(O)CC2)CC1. The number of hydrogen-bond donors (Lipinski definition) is 2. The highest BCUT2D eigenvalue weighted by Gasteiger charge is 2.50. The van der Waals surface area contributed by atoms with Gasteiger partial charge in [0.15, 0.2) is 12.0 Å². The third-order valence-electron chi connectivity index (χ3n) is 5.87. The van der Waals surface area contributed by atoms with Gasteiger partial charge in [0.1, 0.15) is 16.9 Å². The molecule has 1 saturated heterocycles. The number of hydrogen-bond acceptors (Lipinski definition) is 6. The minimum Gasteiger partial charge on any atom is -0.507 e. The van der Waals surface area contributed by atoms with Crippen LogP contribution in [0.15, 0.2) is 47.2 Å².